The molecule has 2 rings (SSSR count). The number of benzene rings is 2. The summed E-state index contributed by atoms with van der Waals surface area (Å²) in [4.78, 5) is 34.8. The van der Waals surface area contributed by atoms with Crippen molar-refractivity contribution < 1.29 is 28.6 Å². The van der Waals surface area contributed by atoms with E-state index in [9.17, 15) is 14.4 Å². The maximum absolute atomic E-state index is 11.8. The van der Waals surface area contributed by atoms with E-state index < -0.39 is 31.0 Å². The third-order valence-corrected chi connectivity index (χ3v) is 3.77. The number of esters is 1. The van der Waals surface area contributed by atoms with Crippen LogP contribution in [-0.4, -0.2) is 44.7 Å². The molecule has 0 bridgehead atoms. The molecule has 0 radical (unpaired) electrons. The summed E-state index contributed by atoms with van der Waals surface area (Å²) in [5.41, 5.74) is 6.35. The van der Waals surface area contributed by atoms with Gasteiger partial charge in [0.15, 0.2) is 13.2 Å². The minimum atomic E-state index is -0.737. The highest BCUT2D eigenvalue weighted by Crippen LogP contribution is 2.17. The van der Waals surface area contributed by atoms with E-state index >= 15 is 0 Å². The number of hydrogen-bond donors (Lipinski definition) is 2. The van der Waals surface area contributed by atoms with Gasteiger partial charge in [-0.15, -0.1) is 0 Å². The van der Waals surface area contributed by atoms with Gasteiger partial charge in [-0.2, -0.15) is 0 Å². The monoisotopic (exact) mass is 386 g/mol. The first-order valence-electron chi connectivity index (χ1n) is 8.57. The summed E-state index contributed by atoms with van der Waals surface area (Å²) in [7, 11) is 1.58. The molecule has 28 heavy (non-hydrogen) atoms. The van der Waals surface area contributed by atoms with E-state index in [0.717, 1.165) is 11.3 Å². The molecular weight excluding hydrogens is 364 g/mol. The number of hydrogen-bond acceptors (Lipinski definition) is 6. The Kier molecular flexibility index (Phi) is 7.83. The Morgan fingerprint density at radius 2 is 1.64 bits per heavy atom. The summed E-state index contributed by atoms with van der Waals surface area (Å²) in [5.74, 6) is -0.914. The highest BCUT2D eigenvalue weighted by molar-refractivity contribution is 5.95. The van der Waals surface area contributed by atoms with Crippen LogP contribution >= 0.6 is 0 Å². The Labute approximate surface area is 162 Å². The zero-order chi connectivity index (χ0) is 20.4. The maximum Gasteiger partial charge on any atom is 0.344 e. The van der Waals surface area contributed by atoms with Gasteiger partial charge in [0.1, 0.15) is 11.5 Å². The third-order valence-electron chi connectivity index (χ3n) is 3.77. The van der Waals surface area contributed by atoms with E-state index in [1.807, 2.05) is 24.3 Å². The van der Waals surface area contributed by atoms with Gasteiger partial charge in [0.2, 0.25) is 0 Å². The van der Waals surface area contributed by atoms with Crippen molar-refractivity contribution in [3.63, 3.8) is 0 Å². The third kappa shape index (κ3) is 6.31. The Hall–Kier alpha value is -3.55. The fourth-order valence-electron chi connectivity index (χ4n) is 2.42. The molecule has 2 aromatic rings. The van der Waals surface area contributed by atoms with E-state index in [1.165, 1.54) is 12.1 Å². The van der Waals surface area contributed by atoms with E-state index in [4.69, 9.17) is 19.9 Å². The summed E-state index contributed by atoms with van der Waals surface area (Å²) < 4.78 is 15.3. The Morgan fingerprint density at radius 3 is 2.36 bits per heavy atom. The predicted molar refractivity (Wildman–Crippen MR) is 101 cm³/mol. The molecule has 0 atom stereocenters. The first kappa shape index (κ1) is 20.8. The molecule has 0 heterocycles. The van der Waals surface area contributed by atoms with Gasteiger partial charge in [0.25, 0.3) is 11.8 Å². The van der Waals surface area contributed by atoms with Crippen LogP contribution in [0.4, 0.5) is 0 Å². The number of para-hydroxylation sites is 2. The second kappa shape index (κ2) is 10.6. The number of methoxy groups -OCH3 is 1. The standard InChI is InChI=1S/C20H22N2O6/c1-26-16-8-4-2-6-14(16)10-11-22-18(23)12-28-19(24)13-27-17-9-5-3-7-15(17)20(21)25/h2-9H,10-13H2,1H3,(H2,21,25)(H,22,23). The van der Waals surface area contributed by atoms with Crippen molar-refractivity contribution in [2.24, 2.45) is 5.73 Å². The summed E-state index contributed by atoms with van der Waals surface area (Å²) in [6.07, 6.45) is 0.580. The number of nitrogens with two attached hydrogens (primary N) is 1. The van der Waals surface area contributed by atoms with E-state index in [-0.39, 0.29) is 11.3 Å². The molecule has 0 saturated heterocycles. The minimum absolute atomic E-state index is 0.157. The van der Waals surface area contributed by atoms with Gasteiger partial charge in [-0.25, -0.2) is 4.79 Å². The zero-order valence-electron chi connectivity index (χ0n) is 15.5. The van der Waals surface area contributed by atoms with Crippen LogP contribution in [0.3, 0.4) is 0 Å². The number of carbonyl (C=O) groups is 3. The second-order valence-electron chi connectivity index (χ2n) is 5.72. The number of carbonyl (C=O) groups excluding carboxylic acids is 3. The molecule has 0 spiro atoms. The summed E-state index contributed by atoms with van der Waals surface area (Å²) >= 11 is 0. The van der Waals surface area contributed by atoms with E-state index in [0.29, 0.717) is 13.0 Å². The van der Waals surface area contributed by atoms with Gasteiger partial charge in [-0.05, 0) is 30.2 Å². The normalized spacial score (nSPS) is 10.0. The lowest BCUT2D eigenvalue weighted by Crippen LogP contribution is -2.31. The molecule has 0 fully saturated rings. The molecule has 2 aromatic carbocycles. The molecule has 148 valence electrons. The first-order valence-corrected chi connectivity index (χ1v) is 8.57. The van der Waals surface area contributed by atoms with Gasteiger partial charge >= 0.3 is 5.97 Å². The van der Waals surface area contributed by atoms with E-state index in [1.54, 1.807) is 19.2 Å². The summed E-state index contributed by atoms with van der Waals surface area (Å²) in [6.45, 7) is -0.496. The number of ether oxygens (including phenoxy) is 3. The average Bonchev–Trinajstić information content (AvgIpc) is 2.71. The van der Waals surface area contributed by atoms with Crippen molar-refractivity contribution in [2.75, 3.05) is 26.9 Å². The van der Waals surface area contributed by atoms with Crippen molar-refractivity contribution in [1.29, 1.82) is 0 Å². The van der Waals surface area contributed by atoms with Crippen molar-refractivity contribution in [3.8, 4) is 11.5 Å². The van der Waals surface area contributed by atoms with Crippen LogP contribution in [0.25, 0.3) is 0 Å². The molecule has 0 unspecified atom stereocenters. The lowest BCUT2D eigenvalue weighted by molar-refractivity contribution is -0.150. The zero-order valence-corrected chi connectivity index (χ0v) is 15.5. The van der Waals surface area contributed by atoms with Crippen molar-refractivity contribution in [2.45, 2.75) is 6.42 Å². The number of primary amides is 1. The van der Waals surface area contributed by atoms with Crippen LogP contribution in [0.2, 0.25) is 0 Å². The number of rotatable bonds is 10. The van der Waals surface area contributed by atoms with Crippen LogP contribution in [0.5, 0.6) is 11.5 Å². The van der Waals surface area contributed by atoms with Gasteiger partial charge in [0, 0.05) is 6.54 Å². The lowest BCUT2D eigenvalue weighted by Gasteiger charge is -2.10. The Balaban J connectivity index is 1.70. The van der Waals surface area contributed by atoms with Crippen LogP contribution in [0.1, 0.15) is 15.9 Å². The molecule has 3 N–H and O–H groups in total. The van der Waals surface area contributed by atoms with Gasteiger partial charge < -0.3 is 25.3 Å². The largest absolute Gasteiger partial charge is 0.496 e. The van der Waals surface area contributed by atoms with Crippen LogP contribution < -0.4 is 20.5 Å². The minimum Gasteiger partial charge on any atom is -0.496 e. The average molecular weight is 386 g/mol. The Morgan fingerprint density at radius 1 is 0.964 bits per heavy atom. The molecule has 8 heteroatoms. The van der Waals surface area contributed by atoms with Crippen LogP contribution in [-0.2, 0) is 20.7 Å². The highest BCUT2D eigenvalue weighted by Gasteiger charge is 2.12. The van der Waals surface area contributed by atoms with E-state index in [2.05, 4.69) is 5.32 Å². The molecule has 0 aliphatic heterocycles. The molecule has 2 amide bonds. The van der Waals surface area contributed by atoms with Gasteiger partial charge in [-0.1, -0.05) is 30.3 Å². The van der Waals surface area contributed by atoms with Crippen LogP contribution in [0, 0.1) is 0 Å². The Bertz CT molecular complexity index is 837. The topological polar surface area (TPSA) is 117 Å². The summed E-state index contributed by atoms with van der Waals surface area (Å²) in [6, 6.07) is 13.8. The highest BCUT2D eigenvalue weighted by atomic mass is 16.6. The van der Waals surface area contributed by atoms with Gasteiger partial charge in [-0.3, -0.25) is 9.59 Å². The SMILES string of the molecule is COc1ccccc1CCNC(=O)COC(=O)COc1ccccc1C(N)=O. The fourth-order valence-corrected chi connectivity index (χ4v) is 2.42. The quantitative estimate of drug-likeness (QED) is 0.590. The molecule has 0 aliphatic carbocycles. The maximum atomic E-state index is 11.8. The first-order chi connectivity index (χ1) is 13.5. The van der Waals surface area contributed by atoms with Gasteiger partial charge in [0.05, 0.1) is 12.7 Å². The lowest BCUT2D eigenvalue weighted by atomic mass is 10.1. The molecule has 8 nitrogen and oxygen atoms in total. The summed E-state index contributed by atoms with van der Waals surface area (Å²) in [5, 5.41) is 2.66. The molecular formula is C20H22N2O6. The second-order valence-corrected chi connectivity index (χ2v) is 5.72. The number of amides is 2. The molecule has 0 aromatic heterocycles. The predicted octanol–water partition coefficient (Wildman–Crippen LogP) is 1.07. The van der Waals surface area contributed by atoms with Crippen molar-refractivity contribution in [1.82, 2.24) is 5.32 Å². The van der Waals surface area contributed by atoms with Crippen molar-refractivity contribution >= 4 is 17.8 Å². The fraction of sp³-hybridized carbons (Fsp3) is 0.250. The molecule has 0 aliphatic rings. The van der Waals surface area contributed by atoms with Crippen molar-refractivity contribution in [3.05, 3.63) is 59.7 Å². The van der Waals surface area contributed by atoms with Crippen LogP contribution in [0.15, 0.2) is 48.5 Å². The smallest absolute Gasteiger partial charge is 0.344 e. The number of nitrogens with one attached hydrogen (secondary N) is 1. The molecule has 0 saturated carbocycles.